The van der Waals surface area contributed by atoms with Crippen LogP contribution in [0, 0.1) is 6.92 Å². The standard InChI is InChI=1S/C25H19ClN4O3/c1-11-8-16-17(10-15(11)26)29-25(28-16)22-21-14-9-12(2-4-18(14)33-23(21)22)32-19-6-7-27-24-13(19)3-5-20(31)30-24/h2,4,6-10,21-23H,3,5H2,1H3,(H,28,29)(H,27,30,31). The first-order valence-electron chi connectivity index (χ1n) is 11.0. The fraction of sp³-hybridized carbons (Fsp3) is 0.240. The summed E-state index contributed by atoms with van der Waals surface area (Å²) >= 11 is 6.27. The van der Waals surface area contributed by atoms with Gasteiger partial charge in [-0.25, -0.2) is 9.97 Å². The van der Waals surface area contributed by atoms with Gasteiger partial charge in [-0.05, 0) is 55.3 Å². The summed E-state index contributed by atoms with van der Waals surface area (Å²) in [6.45, 7) is 1.99. The summed E-state index contributed by atoms with van der Waals surface area (Å²) in [5, 5.41) is 3.53. The third kappa shape index (κ3) is 2.92. The number of pyridine rings is 1. The fourth-order valence-corrected chi connectivity index (χ4v) is 5.19. The van der Waals surface area contributed by atoms with Crippen molar-refractivity contribution in [3.63, 3.8) is 0 Å². The first-order chi connectivity index (χ1) is 16.0. The lowest BCUT2D eigenvalue weighted by molar-refractivity contribution is -0.116. The number of imidazole rings is 1. The van der Waals surface area contributed by atoms with Crippen LogP contribution in [0.4, 0.5) is 5.82 Å². The number of fused-ring (bicyclic) bond motifs is 5. The van der Waals surface area contributed by atoms with Crippen LogP contribution >= 0.6 is 11.6 Å². The van der Waals surface area contributed by atoms with Gasteiger partial charge in [0.1, 0.15) is 35.0 Å². The van der Waals surface area contributed by atoms with Crippen LogP contribution in [0.25, 0.3) is 11.0 Å². The SMILES string of the molecule is Cc1cc2[nH]c(C3C4Oc5ccc(Oc6ccnc7c6CCC(=O)N7)cc5C43)nc2cc1Cl. The van der Waals surface area contributed by atoms with Crippen LogP contribution in [0.5, 0.6) is 17.2 Å². The molecule has 164 valence electrons. The van der Waals surface area contributed by atoms with E-state index in [4.69, 9.17) is 26.1 Å². The van der Waals surface area contributed by atoms with Crippen LogP contribution < -0.4 is 14.8 Å². The summed E-state index contributed by atoms with van der Waals surface area (Å²) in [6, 6.07) is 11.7. The Bertz CT molecular complexity index is 1440. The van der Waals surface area contributed by atoms with Gasteiger partial charge in [-0.1, -0.05) is 11.6 Å². The number of hydrogen-bond acceptors (Lipinski definition) is 5. The van der Waals surface area contributed by atoms with Gasteiger partial charge in [0.2, 0.25) is 5.91 Å². The van der Waals surface area contributed by atoms with Gasteiger partial charge in [-0.2, -0.15) is 0 Å². The van der Waals surface area contributed by atoms with E-state index in [1.54, 1.807) is 6.20 Å². The topological polar surface area (TPSA) is 89.1 Å². The Morgan fingerprint density at radius 1 is 1.15 bits per heavy atom. The first-order valence-corrected chi connectivity index (χ1v) is 11.3. The monoisotopic (exact) mass is 458 g/mol. The molecule has 0 spiro atoms. The number of H-pyrrole nitrogens is 1. The molecule has 3 aliphatic rings. The summed E-state index contributed by atoms with van der Waals surface area (Å²) in [6.07, 6.45) is 2.77. The van der Waals surface area contributed by atoms with Crippen LogP contribution in [-0.4, -0.2) is 27.0 Å². The molecule has 2 aromatic heterocycles. The number of rotatable bonds is 3. The van der Waals surface area contributed by atoms with Crippen molar-refractivity contribution in [1.82, 2.24) is 15.0 Å². The highest BCUT2D eigenvalue weighted by Crippen LogP contribution is 2.63. The molecule has 1 amide bonds. The van der Waals surface area contributed by atoms with Gasteiger partial charge in [-0.15, -0.1) is 0 Å². The van der Waals surface area contributed by atoms with E-state index in [1.165, 1.54) is 0 Å². The van der Waals surface area contributed by atoms with Gasteiger partial charge in [0.25, 0.3) is 0 Å². The quantitative estimate of drug-likeness (QED) is 0.438. The maximum atomic E-state index is 11.7. The number of carbonyl (C=O) groups is 1. The summed E-state index contributed by atoms with van der Waals surface area (Å²) < 4.78 is 12.4. The predicted molar refractivity (Wildman–Crippen MR) is 123 cm³/mol. The number of aromatic nitrogens is 3. The lowest BCUT2D eigenvalue weighted by atomic mass is 10.1. The zero-order valence-corrected chi connectivity index (χ0v) is 18.4. The molecule has 2 aliphatic heterocycles. The molecule has 3 unspecified atom stereocenters. The van der Waals surface area contributed by atoms with Gasteiger partial charge in [0, 0.05) is 34.7 Å². The van der Waals surface area contributed by atoms with E-state index in [0.717, 1.165) is 50.1 Å². The maximum Gasteiger partial charge on any atom is 0.225 e. The highest BCUT2D eigenvalue weighted by Gasteiger charge is 2.61. The van der Waals surface area contributed by atoms with Crippen LogP contribution in [0.3, 0.4) is 0 Å². The molecule has 4 heterocycles. The Kier molecular flexibility index (Phi) is 3.85. The average Bonchev–Trinajstić information content (AvgIpc) is 3.15. The highest BCUT2D eigenvalue weighted by molar-refractivity contribution is 6.32. The van der Waals surface area contributed by atoms with Crippen molar-refractivity contribution in [2.75, 3.05) is 5.32 Å². The van der Waals surface area contributed by atoms with E-state index in [9.17, 15) is 4.79 Å². The number of amides is 1. The lowest BCUT2D eigenvalue weighted by Gasteiger charge is -2.19. The summed E-state index contributed by atoms with van der Waals surface area (Å²) in [5.74, 6) is 4.26. The number of halogens is 1. The summed E-state index contributed by atoms with van der Waals surface area (Å²) in [7, 11) is 0. The van der Waals surface area contributed by atoms with E-state index in [1.807, 2.05) is 37.3 Å². The van der Waals surface area contributed by atoms with Crippen LogP contribution in [-0.2, 0) is 11.2 Å². The number of nitrogens with zero attached hydrogens (tertiary/aromatic N) is 2. The Hall–Kier alpha value is -3.58. The van der Waals surface area contributed by atoms with Crippen molar-refractivity contribution < 1.29 is 14.3 Å². The van der Waals surface area contributed by atoms with Crippen molar-refractivity contribution in [2.24, 2.45) is 0 Å². The number of aryl methyl sites for hydroxylation is 1. The van der Waals surface area contributed by atoms with Crippen molar-refractivity contribution in [3.8, 4) is 17.2 Å². The van der Waals surface area contributed by atoms with Crippen molar-refractivity contribution in [1.29, 1.82) is 0 Å². The third-order valence-corrected chi connectivity index (χ3v) is 7.16. The molecule has 8 heteroatoms. The number of nitrogens with one attached hydrogen (secondary N) is 2. The van der Waals surface area contributed by atoms with Crippen molar-refractivity contribution in [2.45, 2.75) is 37.7 Å². The zero-order chi connectivity index (χ0) is 22.3. The minimum Gasteiger partial charge on any atom is -0.489 e. The van der Waals surface area contributed by atoms with Gasteiger partial charge < -0.3 is 19.8 Å². The van der Waals surface area contributed by atoms with E-state index in [0.29, 0.717) is 24.4 Å². The molecule has 4 aromatic rings. The second-order valence-corrected chi connectivity index (χ2v) is 9.27. The van der Waals surface area contributed by atoms with E-state index < -0.39 is 0 Å². The Morgan fingerprint density at radius 3 is 2.97 bits per heavy atom. The summed E-state index contributed by atoms with van der Waals surface area (Å²) in [5.41, 5.74) is 4.94. The van der Waals surface area contributed by atoms with Crippen LogP contribution in [0.2, 0.25) is 5.02 Å². The minimum absolute atomic E-state index is 0.0179. The normalized spacial score (nSPS) is 22.2. The number of carbonyl (C=O) groups excluding carboxylic acids is 1. The van der Waals surface area contributed by atoms with Gasteiger partial charge in [0.05, 0.1) is 17.0 Å². The molecule has 0 saturated heterocycles. The molecular weight excluding hydrogens is 440 g/mol. The molecule has 2 aromatic carbocycles. The van der Waals surface area contributed by atoms with E-state index in [2.05, 4.69) is 21.4 Å². The maximum absolute atomic E-state index is 11.7. The number of benzene rings is 2. The molecule has 0 radical (unpaired) electrons. The lowest BCUT2D eigenvalue weighted by Crippen LogP contribution is -2.20. The molecule has 3 atom stereocenters. The van der Waals surface area contributed by atoms with Gasteiger partial charge >= 0.3 is 0 Å². The molecule has 7 nitrogen and oxygen atoms in total. The fourth-order valence-electron chi connectivity index (χ4n) is 5.03. The number of ether oxygens (including phenoxy) is 2. The van der Waals surface area contributed by atoms with Crippen LogP contribution in [0.1, 0.15) is 40.8 Å². The molecule has 7 rings (SSSR count). The largest absolute Gasteiger partial charge is 0.489 e. The Morgan fingerprint density at radius 2 is 2.06 bits per heavy atom. The van der Waals surface area contributed by atoms with E-state index in [-0.39, 0.29) is 23.8 Å². The second kappa shape index (κ2) is 6.71. The van der Waals surface area contributed by atoms with Crippen LogP contribution in [0.15, 0.2) is 42.6 Å². The second-order valence-electron chi connectivity index (χ2n) is 8.86. The molecule has 1 aliphatic carbocycles. The van der Waals surface area contributed by atoms with Gasteiger partial charge in [-0.3, -0.25) is 4.79 Å². The van der Waals surface area contributed by atoms with E-state index >= 15 is 0 Å². The van der Waals surface area contributed by atoms with Crippen molar-refractivity contribution in [3.05, 3.63) is 70.1 Å². The number of anilines is 1. The highest BCUT2D eigenvalue weighted by atomic mass is 35.5. The molecule has 0 bridgehead atoms. The first kappa shape index (κ1) is 18.9. The Balaban J connectivity index is 1.18. The molecule has 2 N–H and O–H groups in total. The minimum atomic E-state index is -0.0179. The average molecular weight is 459 g/mol. The number of hydrogen-bond donors (Lipinski definition) is 2. The Labute approximate surface area is 194 Å². The number of aromatic amines is 1. The molecule has 1 saturated carbocycles. The van der Waals surface area contributed by atoms with Crippen molar-refractivity contribution >= 4 is 34.4 Å². The molecule has 1 fully saturated rings. The van der Waals surface area contributed by atoms with Gasteiger partial charge in [0.15, 0.2) is 0 Å². The predicted octanol–water partition coefficient (Wildman–Crippen LogP) is 5.24. The zero-order valence-electron chi connectivity index (χ0n) is 17.7. The molecular formula is C25H19ClN4O3. The smallest absolute Gasteiger partial charge is 0.225 e. The summed E-state index contributed by atoms with van der Waals surface area (Å²) in [4.78, 5) is 24.2. The molecule has 33 heavy (non-hydrogen) atoms. The third-order valence-electron chi connectivity index (χ3n) is 6.75.